The van der Waals surface area contributed by atoms with Gasteiger partial charge in [-0.1, -0.05) is 60.3 Å². The van der Waals surface area contributed by atoms with Gasteiger partial charge in [-0.25, -0.2) is 9.79 Å². The molecule has 1 amide bonds. The van der Waals surface area contributed by atoms with Crippen LogP contribution >= 0.6 is 23.1 Å². The SMILES string of the molecule is CCOC(=O)C1=C(c2ccccc2)N=C2SCCCN2C1c1ccc(NC(=O)c2cccs2)cc1. The molecule has 8 heteroatoms. The monoisotopic (exact) mass is 503 g/mol. The average Bonchev–Trinajstić information content (AvgIpc) is 3.44. The molecule has 0 aliphatic carbocycles. The minimum absolute atomic E-state index is 0.134. The number of nitrogens with zero attached hydrogens (tertiary/aromatic N) is 2. The quantitative estimate of drug-likeness (QED) is 0.429. The molecule has 2 aliphatic heterocycles. The third kappa shape index (κ3) is 4.90. The number of thiophene rings is 1. The summed E-state index contributed by atoms with van der Waals surface area (Å²) in [6, 6.07) is 20.8. The summed E-state index contributed by atoms with van der Waals surface area (Å²) in [6.45, 7) is 2.91. The number of anilines is 1. The normalized spacial score (nSPS) is 17.5. The van der Waals surface area contributed by atoms with Crippen LogP contribution in [0.3, 0.4) is 0 Å². The first-order valence-corrected chi connectivity index (χ1v) is 13.4. The second kappa shape index (κ2) is 10.5. The van der Waals surface area contributed by atoms with Crippen LogP contribution in [0.25, 0.3) is 5.70 Å². The van der Waals surface area contributed by atoms with E-state index in [1.54, 1.807) is 17.8 Å². The van der Waals surface area contributed by atoms with Gasteiger partial charge in [0.2, 0.25) is 0 Å². The number of hydrogen-bond acceptors (Lipinski definition) is 7. The van der Waals surface area contributed by atoms with Crippen LogP contribution in [0.2, 0.25) is 0 Å². The van der Waals surface area contributed by atoms with Crippen molar-refractivity contribution < 1.29 is 14.3 Å². The molecule has 1 fully saturated rings. The van der Waals surface area contributed by atoms with Crippen LogP contribution in [0.1, 0.15) is 40.2 Å². The molecular weight excluding hydrogens is 478 g/mol. The molecule has 5 rings (SSSR count). The van der Waals surface area contributed by atoms with E-state index in [9.17, 15) is 9.59 Å². The molecule has 6 nitrogen and oxygen atoms in total. The molecule has 178 valence electrons. The molecule has 2 aromatic carbocycles. The largest absolute Gasteiger partial charge is 0.463 e. The third-order valence-corrected chi connectivity index (χ3v) is 7.79. The Morgan fingerprint density at radius 1 is 1.09 bits per heavy atom. The molecule has 2 aliphatic rings. The fourth-order valence-electron chi connectivity index (χ4n) is 4.28. The Hall–Kier alpha value is -3.36. The maximum atomic E-state index is 13.3. The Kier molecular flexibility index (Phi) is 7.01. The summed E-state index contributed by atoms with van der Waals surface area (Å²) in [5.74, 6) is 0.502. The number of thioether (sulfide) groups is 1. The smallest absolute Gasteiger partial charge is 0.338 e. The molecule has 3 heterocycles. The number of carbonyl (C=O) groups is 2. The molecule has 0 radical (unpaired) electrons. The van der Waals surface area contributed by atoms with Crippen molar-refractivity contribution in [3.8, 4) is 0 Å². The standard InChI is InChI=1S/C27H25N3O3S2/c1-2-33-26(32)22-23(18-8-4-3-5-9-18)29-27-30(15-7-17-35-27)24(22)19-11-13-20(14-12-19)28-25(31)21-10-6-16-34-21/h3-6,8-14,16,24H,2,7,15,17H2,1H3,(H,28,31). The highest BCUT2D eigenvalue weighted by molar-refractivity contribution is 8.13. The maximum absolute atomic E-state index is 13.3. The molecule has 0 saturated carbocycles. The Labute approximate surface area is 212 Å². The van der Waals surface area contributed by atoms with Crippen LogP contribution in [0.5, 0.6) is 0 Å². The Morgan fingerprint density at radius 2 is 1.89 bits per heavy atom. The number of esters is 1. The number of carbonyl (C=O) groups excluding carboxylic acids is 2. The van der Waals surface area contributed by atoms with Crippen molar-refractivity contribution >= 4 is 51.5 Å². The van der Waals surface area contributed by atoms with Gasteiger partial charge in [0.05, 0.1) is 28.8 Å². The first-order chi connectivity index (χ1) is 17.2. The lowest BCUT2D eigenvalue weighted by molar-refractivity contribution is -0.139. The Balaban J connectivity index is 1.55. The first kappa shape index (κ1) is 23.4. The molecule has 1 N–H and O–H groups in total. The van der Waals surface area contributed by atoms with Crippen LogP contribution in [-0.2, 0) is 9.53 Å². The highest BCUT2D eigenvalue weighted by Gasteiger charge is 2.39. The predicted molar refractivity (Wildman–Crippen MR) is 143 cm³/mol. The summed E-state index contributed by atoms with van der Waals surface area (Å²) >= 11 is 3.12. The third-order valence-electron chi connectivity index (χ3n) is 5.84. The highest BCUT2D eigenvalue weighted by Crippen LogP contribution is 2.43. The van der Waals surface area contributed by atoms with E-state index < -0.39 is 0 Å². The van der Waals surface area contributed by atoms with Crippen molar-refractivity contribution in [1.82, 2.24) is 4.90 Å². The molecule has 35 heavy (non-hydrogen) atoms. The number of aliphatic imine (C=N–C) groups is 1. The summed E-state index contributed by atoms with van der Waals surface area (Å²) in [5.41, 5.74) is 3.74. The van der Waals surface area contributed by atoms with E-state index in [4.69, 9.17) is 9.73 Å². The van der Waals surface area contributed by atoms with E-state index in [0.29, 0.717) is 21.8 Å². The van der Waals surface area contributed by atoms with Crippen LogP contribution < -0.4 is 5.32 Å². The van der Waals surface area contributed by atoms with Crippen molar-refractivity contribution in [2.75, 3.05) is 24.2 Å². The van der Waals surface area contributed by atoms with Crippen molar-refractivity contribution in [3.05, 3.63) is 93.7 Å². The molecule has 3 aromatic rings. The fourth-order valence-corrected chi connectivity index (χ4v) is 5.88. The van der Waals surface area contributed by atoms with Crippen LogP contribution in [-0.4, -0.2) is 40.8 Å². The van der Waals surface area contributed by atoms with Gasteiger partial charge < -0.3 is 15.0 Å². The lowest BCUT2D eigenvalue weighted by Crippen LogP contribution is -2.42. The number of hydrogen-bond donors (Lipinski definition) is 1. The summed E-state index contributed by atoms with van der Waals surface area (Å²) in [6.07, 6.45) is 1.01. The molecule has 1 unspecified atom stereocenters. The fraction of sp³-hybridized carbons (Fsp3) is 0.222. The predicted octanol–water partition coefficient (Wildman–Crippen LogP) is 5.82. The second-order valence-corrected chi connectivity index (χ2v) is 10.1. The van der Waals surface area contributed by atoms with Gasteiger partial charge in [0.25, 0.3) is 5.91 Å². The van der Waals surface area contributed by atoms with Gasteiger partial charge in [0.15, 0.2) is 5.17 Å². The highest BCUT2D eigenvalue weighted by atomic mass is 32.2. The van der Waals surface area contributed by atoms with Crippen molar-refractivity contribution in [1.29, 1.82) is 0 Å². The molecule has 1 aromatic heterocycles. The Bertz CT molecular complexity index is 1270. The van der Waals surface area contributed by atoms with Gasteiger partial charge in [-0.05, 0) is 42.5 Å². The average molecular weight is 504 g/mol. The van der Waals surface area contributed by atoms with Gasteiger partial charge in [0.1, 0.15) is 0 Å². The second-order valence-electron chi connectivity index (χ2n) is 8.09. The molecule has 0 bridgehead atoms. The lowest BCUT2D eigenvalue weighted by atomic mass is 9.91. The van der Waals surface area contributed by atoms with Crippen LogP contribution in [0.4, 0.5) is 5.69 Å². The zero-order chi connectivity index (χ0) is 24.2. The summed E-state index contributed by atoms with van der Waals surface area (Å²) in [7, 11) is 0. The number of amidine groups is 1. The van der Waals surface area contributed by atoms with E-state index in [0.717, 1.165) is 35.0 Å². The number of amides is 1. The van der Waals surface area contributed by atoms with Gasteiger partial charge in [-0.2, -0.15) is 0 Å². The molecule has 0 spiro atoms. The lowest BCUT2D eigenvalue weighted by Gasteiger charge is -2.41. The first-order valence-electron chi connectivity index (χ1n) is 11.6. The van der Waals surface area contributed by atoms with E-state index in [-0.39, 0.29) is 24.5 Å². The van der Waals surface area contributed by atoms with E-state index in [1.165, 1.54) is 11.3 Å². The summed E-state index contributed by atoms with van der Waals surface area (Å²) in [4.78, 5) is 33.6. The molecule has 1 atom stereocenters. The summed E-state index contributed by atoms with van der Waals surface area (Å²) < 4.78 is 5.53. The van der Waals surface area contributed by atoms with Crippen LogP contribution in [0.15, 0.2) is 82.7 Å². The van der Waals surface area contributed by atoms with Gasteiger partial charge >= 0.3 is 5.97 Å². The molecule has 1 saturated heterocycles. The Morgan fingerprint density at radius 3 is 2.60 bits per heavy atom. The maximum Gasteiger partial charge on any atom is 0.338 e. The van der Waals surface area contributed by atoms with Gasteiger partial charge in [-0.3, -0.25) is 4.79 Å². The topological polar surface area (TPSA) is 71.0 Å². The number of ether oxygens (including phenoxy) is 1. The number of benzene rings is 2. The van der Waals surface area contributed by atoms with Gasteiger partial charge in [-0.15, -0.1) is 11.3 Å². The summed E-state index contributed by atoms with van der Waals surface area (Å²) in [5, 5.41) is 5.75. The number of rotatable bonds is 6. The van der Waals surface area contributed by atoms with E-state index in [1.807, 2.05) is 73.0 Å². The van der Waals surface area contributed by atoms with Crippen molar-refractivity contribution in [2.24, 2.45) is 4.99 Å². The number of fused-ring (bicyclic) bond motifs is 1. The minimum Gasteiger partial charge on any atom is -0.463 e. The van der Waals surface area contributed by atoms with Crippen LogP contribution in [0, 0.1) is 0 Å². The zero-order valence-corrected chi connectivity index (χ0v) is 20.9. The minimum atomic E-state index is -0.357. The molecular formula is C27H25N3O3S2. The van der Waals surface area contributed by atoms with E-state index >= 15 is 0 Å². The van der Waals surface area contributed by atoms with E-state index in [2.05, 4.69) is 10.2 Å². The van der Waals surface area contributed by atoms with Gasteiger partial charge in [0, 0.05) is 23.5 Å². The zero-order valence-electron chi connectivity index (χ0n) is 19.3. The van der Waals surface area contributed by atoms with Crippen molar-refractivity contribution in [3.63, 3.8) is 0 Å². The number of nitrogens with one attached hydrogen (secondary N) is 1. The van der Waals surface area contributed by atoms with Crippen molar-refractivity contribution in [2.45, 2.75) is 19.4 Å².